The Morgan fingerprint density at radius 1 is 1.22 bits per heavy atom. The first-order chi connectivity index (χ1) is 12.8. The van der Waals surface area contributed by atoms with Gasteiger partial charge in [0, 0.05) is 26.1 Å². The smallest absolute Gasteiger partial charge is 0.224 e. The van der Waals surface area contributed by atoms with Crippen LogP contribution < -0.4 is 14.8 Å². The van der Waals surface area contributed by atoms with E-state index in [0.717, 1.165) is 5.56 Å². The maximum Gasteiger partial charge on any atom is 0.224 e. The van der Waals surface area contributed by atoms with Gasteiger partial charge in [-0.3, -0.25) is 9.59 Å². The predicted octanol–water partition coefficient (Wildman–Crippen LogP) is 0.398. The molecule has 0 radical (unpaired) electrons. The molecule has 1 aromatic carbocycles. The normalized spacial score (nSPS) is 18.0. The summed E-state index contributed by atoms with van der Waals surface area (Å²) in [5, 5.41) is 2.77. The summed E-state index contributed by atoms with van der Waals surface area (Å²) < 4.78 is 33.6. The van der Waals surface area contributed by atoms with Crippen molar-refractivity contribution in [3.63, 3.8) is 0 Å². The van der Waals surface area contributed by atoms with Crippen molar-refractivity contribution in [2.75, 3.05) is 38.8 Å². The van der Waals surface area contributed by atoms with E-state index in [9.17, 15) is 18.0 Å². The topological polar surface area (TPSA) is 102 Å². The molecule has 0 spiro atoms. The average molecular weight is 398 g/mol. The van der Waals surface area contributed by atoms with Crippen molar-refractivity contribution < 1.29 is 27.5 Å². The van der Waals surface area contributed by atoms with Crippen molar-refractivity contribution in [1.82, 2.24) is 10.2 Å². The predicted molar refractivity (Wildman–Crippen MR) is 101 cm³/mol. The molecule has 9 heteroatoms. The highest BCUT2D eigenvalue weighted by atomic mass is 32.2. The molecule has 0 aromatic heterocycles. The van der Waals surface area contributed by atoms with Gasteiger partial charge in [-0.15, -0.1) is 0 Å². The Kier molecular flexibility index (Phi) is 7.06. The van der Waals surface area contributed by atoms with Crippen LogP contribution in [0.15, 0.2) is 18.2 Å². The van der Waals surface area contributed by atoms with Crippen LogP contribution in [0.25, 0.3) is 0 Å². The standard InChI is InChI=1S/C18H26N2O6S/c1-13(21)20(15-6-9-27(23,24)12-15)8-7-19-18(22)11-14-4-5-16(25-2)17(10-14)26-3/h4-5,10,15H,6-9,11-12H2,1-3H3,(H,19,22). The summed E-state index contributed by atoms with van der Waals surface area (Å²) in [7, 11) is -0.000521. The van der Waals surface area contributed by atoms with Crippen LogP contribution in [0.1, 0.15) is 18.9 Å². The second-order valence-electron chi connectivity index (χ2n) is 6.49. The van der Waals surface area contributed by atoms with Gasteiger partial charge in [0.2, 0.25) is 11.8 Å². The van der Waals surface area contributed by atoms with Gasteiger partial charge in [-0.1, -0.05) is 6.07 Å². The fraction of sp³-hybridized carbons (Fsp3) is 0.556. The van der Waals surface area contributed by atoms with Gasteiger partial charge in [-0.05, 0) is 24.1 Å². The van der Waals surface area contributed by atoms with E-state index in [2.05, 4.69) is 5.32 Å². The fourth-order valence-electron chi connectivity index (χ4n) is 3.17. The quantitative estimate of drug-likeness (QED) is 0.680. The molecular weight excluding hydrogens is 372 g/mol. The highest BCUT2D eigenvalue weighted by Crippen LogP contribution is 2.27. The summed E-state index contributed by atoms with van der Waals surface area (Å²) in [4.78, 5) is 25.5. The van der Waals surface area contributed by atoms with Crippen LogP contribution in [0.5, 0.6) is 11.5 Å². The van der Waals surface area contributed by atoms with E-state index in [1.54, 1.807) is 25.3 Å². The number of nitrogens with zero attached hydrogens (tertiary/aromatic N) is 1. The van der Waals surface area contributed by atoms with Crippen molar-refractivity contribution in [1.29, 1.82) is 0 Å². The first kappa shape index (κ1) is 21.0. The van der Waals surface area contributed by atoms with Crippen molar-refractivity contribution in [2.24, 2.45) is 0 Å². The molecule has 1 N–H and O–H groups in total. The Hall–Kier alpha value is -2.29. The molecule has 1 saturated heterocycles. The highest BCUT2D eigenvalue weighted by molar-refractivity contribution is 7.91. The van der Waals surface area contributed by atoms with Gasteiger partial charge in [0.1, 0.15) is 0 Å². The number of carbonyl (C=O) groups is 2. The van der Waals surface area contributed by atoms with Gasteiger partial charge >= 0.3 is 0 Å². The molecule has 27 heavy (non-hydrogen) atoms. The molecule has 0 bridgehead atoms. The first-order valence-corrected chi connectivity index (χ1v) is 10.5. The lowest BCUT2D eigenvalue weighted by molar-refractivity contribution is -0.131. The van der Waals surface area contributed by atoms with Crippen molar-refractivity contribution in [2.45, 2.75) is 25.8 Å². The highest BCUT2D eigenvalue weighted by Gasteiger charge is 2.33. The molecule has 1 unspecified atom stereocenters. The summed E-state index contributed by atoms with van der Waals surface area (Å²) in [6.45, 7) is 1.96. The molecule has 150 valence electrons. The number of nitrogens with one attached hydrogen (secondary N) is 1. The molecule has 2 rings (SSSR count). The molecule has 1 fully saturated rings. The summed E-state index contributed by atoms with van der Waals surface area (Å²) in [5.74, 6) is 0.855. The van der Waals surface area contributed by atoms with E-state index in [-0.39, 0.29) is 48.9 Å². The molecule has 1 atom stereocenters. The van der Waals surface area contributed by atoms with Crippen LogP contribution in [-0.2, 0) is 25.8 Å². The van der Waals surface area contributed by atoms with Gasteiger partial charge in [0.15, 0.2) is 21.3 Å². The number of hydrogen-bond donors (Lipinski definition) is 1. The third kappa shape index (κ3) is 5.85. The van der Waals surface area contributed by atoms with Gasteiger partial charge < -0.3 is 19.7 Å². The second kappa shape index (κ2) is 9.07. The summed E-state index contributed by atoms with van der Waals surface area (Å²) >= 11 is 0. The first-order valence-electron chi connectivity index (χ1n) is 8.71. The lowest BCUT2D eigenvalue weighted by atomic mass is 10.1. The summed E-state index contributed by atoms with van der Waals surface area (Å²) in [6.07, 6.45) is 0.611. The van der Waals surface area contributed by atoms with E-state index < -0.39 is 9.84 Å². The maximum atomic E-state index is 12.2. The van der Waals surface area contributed by atoms with Gasteiger partial charge in [0.05, 0.1) is 32.1 Å². The monoisotopic (exact) mass is 398 g/mol. The third-order valence-electron chi connectivity index (χ3n) is 4.54. The third-order valence-corrected chi connectivity index (χ3v) is 6.29. The molecule has 8 nitrogen and oxygen atoms in total. The van der Waals surface area contributed by atoms with Crippen molar-refractivity contribution in [3.8, 4) is 11.5 Å². The Morgan fingerprint density at radius 2 is 1.93 bits per heavy atom. The minimum atomic E-state index is -3.07. The Labute approximate surface area is 159 Å². The minimum absolute atomic E-state index is 0.00777. The largest absolute Gasteiger partial charge is 0.493 e. The van der Waals surface area contributed by atoms with Crippen LogP contribution in [0.4, 0.5) is 0 Å². The fourth-order valence-corrected chi connectivity index (χ4v) is 4.90. The Balaban J connectivity index is 1.86. The number of amides is 2. The SMILES string of the molecule is COc1ccc(CC(=O)NCCN(C(C)=O)C2CCS(=O)(=O)C2)cc1OC. The van der Waals surface area contributed by atoms with E-state index in [4.69, 9.17) is 9.47 Å². The van der Waals surface area contributed by atoms with E-state index in [0.29, 0.717) is 17.9 Å². The molecule has 2 amide bonds. The van der Waals surface area contributed by atoms with Crippen LogP contribution in [0.2, 0.25) is 0 Å². The lowest BCUT2D eigenvalue weighted by Crippen LogP contribution is -2.44. The molecule has 1 aliphatic heterocycles. The van der Waals surface area contributed by atoms with Crippen molar-refractivity contribution >= 4 is 21.7 Å². The van der Waals surface area contributed by atoms with Gasteiger partial charge in [0.25, 0.3) is 0 Å². The molecule has 1 aliphatic rings. The zero-order valence-electron chi connectivity index (χ0n) is 15.9. The number of sulfone groups is 1. The molecular formula is C18H26N2O6S. The summed E-state index contributed by atoms with van der Waals surface area (Å²) in [5.41, 5.74) is 0.774. The zero-order valence-corrected chi connectivity index (χ0v) is 16.7. The van der Waals surface area contributed by atoms with Crippen LogP contribution >= 0.6 is 0 Å². The maximum absolute atomic E-state index is 12.2. The van der Waals surface area contributed by atoms with E-state index >= 15 is 0 Å². The summed E-state index contributed by atoms with van der Waals surface area (Å²) in [6, 6.07) is 4.95. The van der Waals surface area contributed by atoms with E-state index in [1.807, 2.05) is 0 Å². The number of carbonyl (C=O) groups excluding carboxylic acids is 2. The number of hydrogen-bond acceptors (Lipinski definition) is 6. The van der Waals surface area contributed by atoms with Gasteiger partial charge in [-0.25, -0.2) is 8.42 Å². The Morgan fingerprint density at radius 3 is 2.48 bits per heavy atom. The number of methoxy groups -OCH3 is 2. The Bertz CT molecular complexity index is 793. The van der Waals surface area contributed by atoms with Crippen molar-refractivity contribution in [3.05, 3.63) is 23.8 Å². The molecule has 1 aromatic rings. The number of ether oxygens (including phenoxy) is 2. The number of benzene rings is 1. The molecule has 0 saturated carbocycles. The zero-order chi connectivity index (χ0) is 20.0. The second-order valence-corrected chi connectivity index (χ2v) is 8.71. The van der Waals surface area contributed by atoms with E-state index in [1.165, 1.54) is 18.9 Å². The number of rotatable bonds is 8. The van der Waals surface area contributed by atoms with Crippen LogP contribution in [0, 0.1) is 0 Å². The van der Waals surface area contributed by atoms with Crippen LogP contribution in [0.3, 0.4) is 0 Å². The van der Waals surface area contributed by atoms with Crippen LogP contribution in [-0.4, -0.2) is 70.0 Å². The average Bonchev–Trinajstić information content (AvgIpc) is 2.97. The minimum Gasteiger partial charge on any atom is -0.493 e. The molecule has 1 heterocycles. The molecule has 0 aliphatic carbocycles. The van der Waals surface area contributed by atoms with Gasteiger partial charge in [-0.2, -0.15) is 0 Å². The lowest BCUT2D eigenvalue weighted by Gasteiger charge is -2.27.